The summed E-state index contributed by atoms with van der Waals surface area (Å²) >= 11 is 0. The van der Waals surface area contributed by atoms with E-state index in [1.165, 1.54) is 12.8 Å². The number of hydrogen-bond donors (Lipinski definition) is 1. The summed E-state index contributed by atoms with van der Waals surface area (Å²) in [5.74, 6) is 0. The zero-order chi connectivity index (χ0) is 6.53. The van der Waals surface area contributed by atoms with E-state index in [1.807, 2.05) is 0 Å². The van der Waals surface area contributed by atoms with E-state index in [2.05, 4.69) is 10.2 Å². The van der Waals surface area contributed by atoms with Gasteiger partial charge in [0.2, 0.25) is 0 Å². The summed E-state index contributed by atoms with van der Waals surface area (Å²) in [6.07, 6.45) is 5.12. The summed E-state index contributed by atoms with van der Waals surface area (Å²) in [6, 6.07) is 0. The van der Waals surface area contributed by atoms with E-state index in [0.29, 0.717) is 0 Å². The second kappa shape index (κ2) is 3.13. The van der Waals surface area contributed by atoms with Crippen LogP contribution in [-0.2, 0) is 0 Å². The minimum Gasteiger partial charge on any atom is -0.398 e. The van der Waals surface area contributed by atoms with Gasteiger partial charge in [-0.25, -0.2) is 4.85 Å². The Morgan fingerprint density at radius 2 is 2.44 bits per heavy atom. The summed E-state index contributed by atoms with van der Waals surface area (Å²) in [5.41, 5.74) is 1.11. The lowest BCUT2D eigenvalue weighted by molar-refractivity contribution is 0.588. The van der Waals surface area contributed by atoms with Crippen molar-refractivity contribution in [3.8, 4) is 0 Å². The predicted octanol–water partition coefficient (Wildman–Crippen LogP) is 1.52. The maximum absolute atomic E-state index is 6.55. The van der Waals surface area contributed by atoms with Gasteiger partial charge in [-0.2, -0.15) is 0 Å². The lowest BCUT2D eigenvalue weighted by Gasteiger charge is -2.15. The molecule has 0 amide bonds. The number of hydrogen-bond acceptors (Lipinski definition) is 1. The van der Waals surface area contributed by atoms with Crippen LogP contribution < -0.4 is 5.32 Å². The highest BCUT2D eigenvalue weighted by atomic mass is 14.9. The molecule has 1 N–H and O–H groups in total. The standard InChI is InChI=1S/C7H10N2/c1-8-6-7-4-2-3-5-9-7/h6,9H,2-5H2/b7-6+. The molecule has 0 radical (unpaired) electrons. The summed E-state index contributed by atoms with van der Waals surface area (Å²) in [5, 5.41) is 3.17. The third kappa shape index (κ3) is 1.77. The normalized spacial score (nSPS) is 22.8. The van der Waals surface area contributed by atoms with Crippen LogP contribution in [0.1, 0.15) is 19.3 Å². The minimum absolute atomic E-state index is 1.04. The highest BCUT2D eigenvalue weighted by molar-refractivity contribution is 5.05. The van der Waals surface area contributed by atoms with Gasteiger partial charge < -0.3 is 5.32 Å². The van der Waals surface area contributed by atoms with Gasteiger partial charge in [0.1, 0.15) is 0 Å². The molecule has 1 heterocycles. The number of piperidine rings is 1. The first-order valence-corrected chi connectivity index (χ1v) is 3.23. The zero-order valence-electron chi connectivity index (χ0n) is 5.35. The smallest absolute Gasteiger partial charge is 0.172 e. The Bertz CT molecular complexity index is 145. The van der Waals surface area contributed by atoms with Gasteiger partial charge in [-0.05, 0) is 19.3 Å². The molecule has 0 aromatic heterocycles. The number of allylic oxidation sites excluding steroid dienone is 1. The molecule has 1 rings (SSSR count). The molecule has 0 atom stereocenters. The van der Waals surface area contributed by atoms with E-state index in [4.69, 9.17) is 6.57 Å². The van der Waals surface area contributed by atoms with Gasteiger partial charge >= 0.3 is 0 Å². The van der Waals surface area contributed by atoms with Crippen molar-refractivity contribution in [3.05, 3.63) is 23.3 Å². The van der Waals surface area contributed by atoms with Crippen LogP contribution in [0.5, 0.6) is 0 Å². The number of nitrogens with one attached hydrogen (secondary N) is 1. The van der Waals surface area contributed by atoms with Gasteiger partial charge in [0, 0.05) is 12.2 Å². The van der Waals surface area contributed by atoms with Crippen LogP contribution >= 0.6 is 0 Å². The van der Waals surface area contributed by atoms with E-state index in [-0.39, 0.29) is 0 Å². The quantitative estimate of drug-likeness (QED) is 0.482. The molecule has 0 aromatic rings. The predicted molar refractivity (Wildman–Crippen MR) is 36.5 cm³/mol. The lowest BCUT2D eigenvalue weighted by Crippen LogP contribution is -2.19. The van der Waals surface area contributed by atoms with Crippen molar-refractivity contribution in [2.24, 2.45) is 0 Å². The van der Waals surface area contributed by atoms with Crippen LogP contribution in [0, 0.1) is 6.57 Å². The minimum atomic E-state index is 1.04. The Hall–Kier alpha value is -0.970. The van der Waals surface area contributed by atoms with Gasteiger partial charge in [0.25, 0.3) is 0 Å². The SMILES string of the molecule is [C-]#[N+]/C=C1\CCCCN1. The van der Waals surface area contributed by atoms with Gasteiger partial charge in [-0.1, -0.05) is 0 Å². The second-order valence-electron chi connectivity index (χ2n) is 2.17. The van der Waals surface area contributed by atoms with Crippen molar-refractivity contribution < 1.29 is 0 Å². The van der Waals surface area contributed by atoms with E-state index in [1.54, 1.807) is 6.20 Å². The first kappa shape index (κ1) is 6.15. The van der Waals surface area contributed by atoms with Gasteiger partial charge in [-0.3, -0.25) is 0 Å². The molecule has 1 aliphatic rings. The molecule has 0 spiro atoms. The second-order valence-corrected chi connectivity index (χ2v) is 2.17. The van der Waals surface area contributed by atoms with Crippen molar-refractivity contribution >= 4 is 0 Å². The molecule has 0 aliphatic carbocycles. The third-order valence-corrected chi connectivity index (χ3v) is 1.45. The van der Waals surface area contributed by atoms with Crippen molar-refractivity contribution in [1.82, 2.24) is 5.32 Å². The summed E-state index contributed by atoms with van der Waals surface area (Å²) in [4.78, 5) is 3.18. The molecular formula is C7H10N2. The van der Waals surface area contributed by atoms with E-state index in [9.17, 15) is 0 Å². The number of nitrogens with zero attached hydrogens (tertiary/aromatic N) is 1. The molecule has 1 aliphatic heterocycles. The van der Waals surface area contributed by atoms with Crippen LogP contribution in [-0.4, -0.2) is 6.54 Å². The average molecular weight is 122 g/mol. The summed E-state index contributed by atoms with van der Waals surface area (Å²) in [6.45, 7) is 7.59. The fraction of sp³-hybridized carbons (Fsp3) is 0.571. The highest BCUT2D eigenvalue weighted by Crippen LogP contribution is 2.09. The lowest BCUT2D eigenvalue weighted by atomic mass is 10.1. The molecular weight excluding hydrogens is 112 g/mol. The van der Waals surface area contributed by atoms with Crippen LogP contribution in [0.3, 0.4) is 0 Å². The van der Waals surface area contributed by atoms with E-state index < -0.39 is 0 Å². The highest BCUT2D eigenvalue weighted by Gasteiger charge is 2.01. The molecule has 9 heavy (non-hydrogen) atoms. The van der Waals surface area contributed by atoms with Gasteiger partial charge in [0.15, 0.2) is 6.20 Å². The average Bonchev–Trinajstić information content (AvgIpc) is 1.91. The van der Waals surface area contributed by atoms with E-state index >= 15 is 0 Å². The molecule has 1 fully saturated rings. The van der Waals surface area contributed by atoms with E-state index in [0.717, 1.165) is 18.7 Å². The van der Waals surface area contributed by atoms with Crippen molar-refractivity contribution in [1.29, 1.82) is 0 Å². The van der Waals surface area contributed by atoms with Crippen LogP contribution in [0.25, 0.3) is 4.85 Å². The maximum Gasteiger partial charge on any atom is 0.172 e. The van der Waals surface area contributed by atoms with Crippen molar-refractivity contribution in [2.75, 3.05) is 6.54 Å². The Labute approximate surface area is 55.4 Å². The molecule has 2 nitrogen and oxygen atoms in total. The van der Waals surface area contributed by atoms with Crippen LogP contribution in [0.15, 0.2) is 11.9 Å². The van der Waals surface area contributed by atoms with Crippen LogP contribution in [0.2, 0.25) is 0 Å². The topological polar surface area (TPSA) is 16.4 Å². The van der Waals surface area contributed by atoms with Gasteiger partial charge in [-0.15, -0.1) is 0 Å². The third-order valence-electron chi connectivity index (χ3n) is 1.45. The van der Waals surface area contributed by atoms with Crippen LogP contribution in [0.4, 0.5) is 0 Å². The first-order chi connectivity index (χ1) is 4.43. The maximum atomic E-state index is 6.55. The Morgan fingerprint density at radius 3 is 3.00 bits per heavy atom. The van der Waals surface area contributed by atoms with Crippen molar-refractivity contribution in [2.45, 2.75) is 19.3 Å². The fourth-order valence-electron chi connectivity index (χ4n) is 0.966. The number of rotatable bonds is 0. The molecule has 0 aromatic carbocycles. The zero-order valence-corrected chi connectivity index (χ0v) is 5.35. The molecule has 0 bridgehead atoms. The summed E-state index contributed by atoms with van der Waals surface area (Å²) < 4.78 is 0. The Morgan fingerprint density at radius 1 is 1.56 bits per heavy atom. The largest absolute Gasteiger partial charge is 0.398 e. The molecule has 1 saturated heterocycles. The van der Waals surface area contributed by atoms with Crippen molar-refractivity contribution in [3.63, 3.8) is 0 Å². The summed E-state index contributed by atoms with van der Waals surface area (Å²) in [7, 11) is 0. The molecule has 0 unspecified atom stereocenters. The fourth-order valence-corrected chi connectivity index (χ4v) is 0.966. The first-order valence-electron chi connectivity index (χ1n) is 3.23. The molecule has 48 valence electrons. The Balaban J connectivity index is 2.42. The molecule has 2 heteroatoms. The molecule has 0 saturated carbocycles. The van der Waals surface area contributed by atoms with Gasteiger partial charge in [0.05, 0.1) is 6.57 Å². The Kier molecular flexibility index (Phi) is 2.14. The monoisotopic (exact) mass is 122 g/mol.